The van der Waals surface area contributed by atoms with Crippen molar-refractivity contribution in [1.29, 1.82) is 0 Å². The maximum atomic E-state index is 12.9. The first-order chi connectivity index (χ1) is 16.5. The summed E-state index contributed by atoms with van der Waals surface area (Å²) in [5.74, 6) is -1.62. The lowest BCUT2D eigenvalue weighted by Gasteiger charge is -2.16. The highest BCUT2D eigenvalue weighted by atomic mass is 16.5. The highest BCUT2D eigenvalue weighted by Gasteiger charge is 2.27. The van der Waals surface area contributed by atoms with Gasteiger partial charge in [-0.3, -0.25) is 4.79 Å². The van der Waals surface area contributed by atoms with Crippen LogP contribution >= 0.6 is 0 Å². The first-order valence-corrected chi connectivity index (χ1v) is 10.9. The van der Waals surface area contributed by atoms with E-state index in [-0.39, 0.29) is 49.4 Å². The van der Waals surface area contributed by atoms with Crippen LogP contribution in [0.4, 0.5) is 10.6 Å². The van der Waals surface area contributed by atoms with Crippen molar-refractivity contribution in [2.75, 3.05) is 32.0 Å². The number of amides is 1. The molecule has 0 saturated carbocycles. The Kier molecular flexibility index (Phi) is 8.86. The number of esters is 1. The molecule has 0 spiro atoms. The molecule has 0 bridgehead atoms. The van der Waals surface area contributed by atoms with Gasteiger partial charge in [-0.15, -0.1) is 0 Å². The van der Waals surface area contributed by atoms with Crippen molar-refractivity contribution in [3.63, 3.8) is 0 Å². The number of alkyl carbamates (subject to hydrolysis) is 1. The van der Waals surface area contributed by atoms with Gasteiger partial charge in [-0.05, 0) is 12.0 Å². The molecular formula is C22H27N7O5. The van der Waals surface area contributed by atoms with Crippen LogP contribution in [0.1, 0.15) is 40.7 Å². The van der Waals surface area contributed by atoms with Crippen molar-refractivity contribution >= 4 is 23.8 Å². The number of aromatic nitrogens is 4. The smallest absolute Gasteiger partial charge is 0.407 e. The Labute approximate surface area is 196 Å². The molecule has 2 aliphatic heterocycles. The van der Waals surface area contributed by atoms with Crippen molar-refractivity contribution in [1.82, 2.24) is 30.2 Å². The number of anilines is 1. The number of fused-ring (bicyclic) bond motifs is 1. The fourth-order valence-corrected chi connectivity index (χ4v) is 2.96. The van der Waals surface area contributed by atoms with Crippen LogP contribution in [-0.2, 0) is 16.1 Å². The van der Waals surface area contributed by atoms with Crippen molar-refractivity contribution in [3.8, 4) is 11.5 Å². The zero-order chi connectivity index (χ0) is 24.3. The van der Waals surface area contributed by atoms with Crippen molar-refractivity contribution in [2.24, 2.45) is 0 Å². The number of rotatable bonds is 11. The summed E-state index contributed by atoms with van der Waals surface area (Å²) in [5.41, 5.74) is 7.10. The van der Waals surface area contributed by atoms with E-state index >= 15 is 0 Å². The molecule has 0 aliphatic carbocycles. The largest absolute Gasteiger partial charge is 0.455 e. The number of imidazole rings is 1. The topological polar surface area (TPSA) is 163 Å². The number of nitrogens with two attached hydrogens (primary N) is 1. The number of carbonyl (C=O) groups is 3. The first kappa shape index (κ1) is 24.6. The summed E-state index contributed by atoms with van der Waals surface area (Å²) in [5, 5.41) is 5.47. The summed E-state index contributed by atoms with van der Waals surface area (Å²) < 4.78 is 11.3. The predicted molar refractivity (Wildman–Crippen MR) is 122 cm³/mol. The molecule has 12 nitrogen and oxygen atoms in total. The van der Waals surface area contributed by atoms with Crippen LogP contribution in [0.5, 0.6) is 0 Å². The lowest BCUT2D eigenvalue weighted by molar-refractivity contribution is 0.0446. The number of hydrogen-bond donors (Lipinski definition) is 3. The van der Waals surface area contributed by atoms with E-state index in [0.29, 0.717) is 6.61 Å². The van der Waals surface area contributed by atoms with E-state index in [9.17, 15) is 14.4 Å². The zero-order valence-corrected chi connectivity index (χ0v) is 18.8. The molecule has 1 aromatic carbocycles. The maximum absolute atomic E-state index is 12.9. The van der Waals surface area contributed by atoms with E-state index in [0.717, 1.165) is 23.0 Å². The molecule has 0 unspecified atom stereocenters. The lowest BCUT2D eigenvalue weighted by atomic mass is 10.2. The van der Waals surface area contributed by atoms with Gasteiger partial charge in [-0.25, -0.2) is 29.1 Å². The van der Waals surface area contributed by atoms with Crippen LogP contribution in [-0.4, -0.2) is 63.7 Å². The molecule has 1 amide bonds. The first-order valence-electron chi connectivity index (χ1n) is 10.9. The fraction of sp³-hybridized carbons (Fsp3) is 0.364. The Morgan fingerprint density at radius 1 is 1.09 bits per heavy atom. The predicted octanol–water partition coefficient (Wildman–Crippen LogP) is 1.47. The van der Waals surface area contributed by atoms with Crippen LogP contribution in [0.2, 0.25) is 0 Å². The molecule has 1 aromatic rings. The molecule has 34 heavy (non-hydrogen) atoms. The van der Waals surface area contributed by atoms with Crippen LogP contribution < -0.4 is 16.4 Å². The maximum Gasteiger partial charge on any atom is 0.407 e. The third-order valence-corrected chi connectivity index (χ3v) is 4.71. The van der Waals surface area contributed by atoms with Gasteiger partial charge in [0.05, 0.1) is 13.2 Å². The molecule has 4 N–H and O–H groups in total. The Balaban J connectivity index is 1.63. The average molecular weight is 470 g/mol. The standard InChI is InChI=1S/C22H27N7O5/c1-2-3-11-33-22(32)25-10-9-24-12-16(30)29-18(23)17-19(27-14-26-17)28-20(29)21(31)34-13-15-7-5-4-6-8-15/h4-8,14,24H,2-3,9-13,23H2,1H3,(H,25,32). The van der Waals surface area contributed by atoms with E-state index in [1.807, 2.05) is 25.1 Å². The van der Waals surface area contributed by atoms with Crippen molar-refractivity contribution in [2.45, 2.75) is 26.4 Å². The van der Waals surface area contributed by atoms with Crippen LogP contribution in [0, 0.1) is 0 Å². The van der Waals surface area contributed by atoms with Gasteiger partial charge in [0.25, 0.3) is 0 Å². The second-order valence-electron chi connectivity index (χ2n) is 7.25. The Hall–Kier alpha value is -4.06. The molecule has 2 aliphatic rings. The normalized spacial score (nSPS) is 10.7. The summed E-state index contributed by atoms with van der Waals surface area (Å²) >= 11 is 0. The van der Waals surface area contributed by atoms with Gasteiger partial charge >= 0.3 is 12.1 Å². The van der Waals surface area contributed by atoms with Gasteiger partial charge in [0.2, 0.25) is 11.7 Å². The minimum Gasteiger partial charge on any atom is -0.455 e. The SMILES string of the molecule is CCCCOC(=O)NCCNCC(=O)n1c(C(=O)OCc2ccccc2)nc2ncnc-2c1N. The van der Waals surface area contributed by atoms with Gasteiger partial charge in [0.1, 0.15) is 18.8 Å². The zero-order valence-electron chi connectivity index (χ0n) is 18.8. The third-order valence-electron chi connectivity index (χ3n) is 4.71. The summed E-state index contributed by atoms with van der Waals surface area (Å²) in [6, 6.07) is 9.09. The van der Waals surface area contributed by atoms with E-state index in [1.165, 1.54) is 6.33 Å². The Bertz CT molecular complexity index is 1090. The molecule has 0 aromatic heterocycles. The van der Waals surface area contributed by atoms with Crippen LogP contribution in [0.15, 0.2) is 36.7 Å². The lowest BCUT2D eigenvalue weighted by Crippen LogP contribution is -2.37. The number of nitrogens with zero attached hydrogens (tertiary/aromatic N) is 4. The van der Waals surface area contributed by atoms with Gasteiger partial charge < -0.3 is 25.8 Å². The van der Waals surface area contributed by atoms with E-state index in [1.54, 1.807) is 12.1 Å². The minimum absolute atomic E-state index is 0.00154. The van der Waals surface area contributed by atoms with Crippen molar-refractivity contribution < 1.29 is 23.9 Å². The van der Waals surface area contributed by atoms with Gasteiger partial charge in [0.15, 0.2) is 11.5 Å². The second-order valence-corrected chi connectivity index (χ2v) is 7.25. The van der Waals surface area contributed by atoms with Gasteiger partial charge in [-0.2, -0.15) is 0 Å². The number of benzene rings is 1. The molecule has 0 atom stereocenters. The van der Waals surface area contributed by atoms with Gasteiger partial charge in [0, 0.05) is 13.1 Å². The number of hydrogen-bond acceptors (Lipinski definition) is 10. The second kappa shape index (κ2) is 12.3. The highest BCUT2D eigenvalue weighted by Crippen LogP contribution is 2.24. The highest BCUT2D eigenvalue weighted by molar-refractivity contribution is 5.96. The number of unbranched alkanes of at least 4 members (excludes halogenated alkanes) is 1. The average Bonchev–Trinajstić information content (AvgIpc) is 3.32. The number of nitrogens with one attached hydrogen (secondary N) is 2. The summed E-state index contributed by atoms with van der Waals surface area (Å²) in [6.07, 6.45) is 2.44. The summed E-state index contributed by atoms with van der Waals surface area (Å²) in [7, 11) is 0. The van der Waals surface area contributed by atoms with E-state index in [2.05, 4.69) is 25.6 Å². The Morgan fingerprint density at radius 3 is 2.65 bits per heavy atom. The minimum atomic E-state index is -0.828. The monoisotopic (exact) mass is 469 g/mol. The quantitative estimate of drug-likeness (QED) is 0.277. The van der Waals surface area contributed by atoms with Crippen LogP contribution in [0.25, 0.3) is 11.5 Å². The van der Waals surface area contributed by atoms with Crippen molar-refractivity contribution in [3.05, 3.63) is 48.0 Å². The molecule has 0 saturated heterocycles. The molecule has 3 rings (SSSR count). The molecule has 0 radical (unpaired) electrons. The Morgan fingerprint density at radius 2 is 1.88 bits per heavy atom. The number of carbonyl (C=O) groups excluding carboxylic acids is 3. The molecular weight excluding hydrogens is 442 g/mol. The summed E-state index contributed by atoms with van der Waals surface area (Å²) in [6.45, 7) is 2.71. The molecule has 0 fully saturated rings. The molecule has 12 heteroatoms. The van der Waals surface area contributed by atoms with E-state index in [4.69, 9.17) is 15.2 Å². The number of nitrogen functional groups attached to an aromatic ring is 1. The number of ether oxygens (including phenoxy) is 2. The van der Waals surface area contributed by atoms with E-state index < -0.39 is 18.0 Å². The molecule has 180 valence electrons. The molecule has 2 heterocycles. The van der Waals surface area contributed by atoms with Crippen LogP contribution in [0.3, 0.4) is 0 Å². The van der Waals surface area contributed by atoms with Gasteiger partial charge in [-0.1, -0.05) is 43.7 Å². The fourth-order valence-electron chi connectivity index (χ4n) is 2.96. The third kappa shape index (κ3) is 6.48. The summed E-state index contributed by atoms with van der Waals surface area (Å²) in [4.78, 5) is 49.4.